The van der Waals surface area contributed by atoms with Crippen LogP contribution in [0.15, 0.2) is 12.4 Å². The minimum Gasteiger partial charge on any atom is -0.395 e. The maximum absolute atomic E-state index is 9.09. The maximum atomic E-state index is 9.09. The van der Waals surface area contributed by atoms with Crippen LogP contribution in [-0.4, -0.2) is 72.4 Å². The van der Waals surface area contributed by atoms with Crippen molar-refractivity contribution in [3.05, 3.63) is 12.4 Å². The van der Waals surface area contributed by atoms with Crippen molar-refractivity contribution < 1.29 is 5.11 Å². The molecule has 1 aromatic heterocycles. The summed E-state index contributed by atoms with van der Waals surface area (Å²) in [6, 6.07) is 2.15. The lowest BCUT2D eigenvalue weighted by Gasteiger charge is -2.29. The molecule has 0 atom stereocenters. The molecule has 3 rings (SSSR count). The summed E-state index contributed by atoms with van der Waals surface area (Å²) in [5.74, 6) is 2.11. The molecule has 6 heteroatoms. The summed E-state index contributed by atoms with van der Waals surface area (Å²) in [6.45, 7) is 7.28. The standard InChI is InChI=1S/C16H27N5O/c22-12-11-19-5-4-8-21(10-9-19)16-13-15(17-14-18-16)20-6-2-1-3-7-20/h13-14,22H,1-12H2. The van der Waals surface area contributed by atoms with E-state index >= 15 is 0 Å². The number of aliphatic hydroxyl groups is 1. The first kappa shape index (κ1) is 15.5. The van der Waals surface area contributed by atoms with Crippen LogP contribution in [0.3, 0.4) is 0 Å². The molecule has 0 bridgehead atoms. The molecule has 1 N–H and O–H groups in total. The molecule has 0 radical (unpaired) electrons. The minimum atomic E-state index is 0.243. The molecule has 0 amide bonds. The van der Waals surface area contributed by atoms with Crippen LogP contribution in [0.4, 0.5) is 11.6 Å². The van der Waals surface area contributed by atoms with Gasteiger partial charge in [-0.1, -0.05) is 0 Å². The lowest BCUT2D eigenvalue weighted by molar-refractivity contribution is 0.204. The van der Waals surface area contributed by atoms with E-state index in [9.17, 15) is 0 Å². The number of nitrogens with zero attached hydrogens (tertiary/aromatic N) is 5. The highest BCUT2D eigenvalue weighted by Crippen LogP contribution is 2.21. The molecule has 0 spiro atoms. The van der Waals surface area contributed by atoms with Gasteiger partial charge in [0.15, 0.2) is 0 Å². The van der Waals surface area contributed by atoms with Crippen LogP contribution in [0.25, 0.3) is 0 Å². The smallest absolute Gasteiger partial charge is 0.134 e. The summed E-state index contributed by atoms with van der Waals surface area (Å²) in [5, 5.41) is 9.09. The van der Waals surface area contributed by atoms with Crippen molar-refractivity contribution in [3.8, 4) is 0 Å². The molecule has 2 fully saturated rings. The van der Waals surface area contributed by atoms with Gasteiger partial charge in [-0.25, -0.2) is 9.97 Å². The van der Waals surface area contributed by atoms with Gasteiger partial charge in [0.25, 0.3) is 0 Å². The van der Waals surface area contributed by atoms with E-state index in [1.165, 1.54) is 19.3 Å². The number of anilines is 2. The molecule has 1 aromatic rings. The summed E-state index contributed by atoms with van der Waals surface area (Å²) >= 11 is 0. The minimum absolute atomic E-state index is 0.243. The van der Waals surface area contributed by atoms with Crippen LogP contribution in [-0.2, 0) is 0 Å². The van der Waals surface area contributed by atoms with Crippen LogP contribution in [0, 0.1) is 0 Å². The van der Waals surface area contributed by atoms with E-state index in [1.54, 1.807) is 6.33 Å². The Hall–Kier alpha value is -1.40. The third-order valence-corrected chi connectivity index (χ3v) is 4.65. The van der Waals surface area contributed by atoms with Crippen LogP contribution < -0.4 is 9.80 Å². The Labute approximate surface area is 132 Å². The van der Waals surface area contributed by atoms with Gasteiger partial charge in [-0.15, -0.1) is 0 Å². The van der Waals surface area contributed by atoms with Gasteiger partial charge >= 0.3 is 0 Å². The second-order valence-electron chi connectivity index (χ2n) is 6.19. The summed E-state index contributed by atoms with van der Waals surface area (Å²) in [7, 11) is 0. The van der Waals surface area contributed by atoms with E-state index < -0.39 is 0 Å². The predicted octanol–water partition coefficient (Wildman–Crippen LogP) is 0.971. The van der Waals surface area contributed by atoms with Crippen molar-refractivity contribution in [1.29, 1.82) is 0 Å². The molecule has 0 aromatic carbocycles. The van der Waals surface area contributed by atoms with Gasteiger partial charge in [-0.05, 0) is 32.2 Å². The van der Waals surface area contributed by atoms with Gasteiger partial charge in [-0.2, -0.15) is 0 Å². The predicted molar refractivity (Wildman–Crippen MR) is 88.5 cm³/mol. The van der Waals surface area contributed by atoms with Crippen molar-refractivity contribution in [3.63, 3.8) is 0 Å². The topological polar surface area (TPSA) is 55.7 Å². The number of aromatic nitrogens is 2. The van der Waals surface area contributed by atoms with E-state index in [1.807, 2.05) is 0 Å². The van der Waals surface area contributed by atoms with Gasteiger partial charge in [0.1, 0.15) is 18.0 Å². The normalized spacial score (nSPS) is 21.0. The molecule has 3 heterocycles. The fourth-order valence-corrected chi connectivity index (χ4v) is 3.37. The summed E-state index contributed by atoms with van der Waals surface area (Å²) in [6.07, 6.45) is 6.68. The van der Waals surface area contributed by atoms with E-state index in [2.05, 4.69) is 30.7 Å². The van der Waals surface area contributed by atoms with Gasteiger partial charge in [0, 0.05) is 45.3 Å². The third-order valence-electron chi connectivity index (χ3n) is 4.65. The molecule has 2 aliphatic heterocycles. The van der Waals surface area contributed by atoms with Crippen molar-refractivity contribution in [2.45, 2.75) is 25.7 Å². The van der Waals surface area contributed by atoms with E-state index in [0.29, 0.717) is 0 Å². The molecule has 2 saturated heterocycles. The lowest BCUT2D eigenvalue weighted by atomic mass is 10.1. The van der Waals surface area contributed by atoms with Gasteiger partial charge in [-0.3, -0.25) is 4.90 Å². The van der Waals surface area contributed by atoms with E-state index in [4.69, 9.17) is 5.11 Å². The Morgan fingerprint density at radius 1 is 0.818 bits per heavy atom. The van der Waals surface area contributed by atoms with E-state index in [0.717, 1.165) is 63.9 Å². The SMILES string of the molecule is OCCN1CCCN(c2cc(N3CCCCC3)ncn2)CC1. The number of hydrogen-bond donors (Lipinski definition) is 1. The largest absolute Gasteiger partial charge is 0.395 e. The molecule has 6 nitrogen and oxygen atoms in total. The number of aliphatic hydroxyl groups excluding tert-OH is 1. The molecular formula is C16H27N5O. The first-order valence-corrected chi connectivity index (χ1v) is 8.52. The zero-order valence-corrected chi connectivity index (χ0v) is 13.3. The molecule has 122 valence electrons. The average molecular weight is 305 g/mol. The second kappa shape index (κ2) is 7.74. The monoisotopic (exact) mass is 305 g/mol. The molecule has 0 saturated carbocycles. The zero-order chi connectivity index (χ0) is 15.2. The van der Waals surface area contributed by atoms with Gasteiger partial charge in [0.2, 0.25) is 0 Å². The summed E-state index contributed by atoms with van der Waals surface area (Å²) in [4.78, 5) is 16.0. The molecule has 0 unspecified atom stereocenters. The first-order valence-electron chi connectivity index (χ1n) is 8.52. The van der Waals surface area contributed by atoms with Crippen molar-refractivity contribution in [2.24, 2.45) is 0 Å². The number of rotatable bonds is 4. The molecular weight excluding hydrogens is 278 g/mol. The average Bonchev–Trinajstić information content (AvgIpc) is 2.82. The van der Waals surface area contributed by atoms with Crippen LogP contribution in [0.2, 0.25) is 0 Å². The summed E-state index contributed by atoms with van der Waals surface area (Å²) in [5.41, 5.74) is 0. The van der Waals surface area contributed by atoms with Crippen molar-refractivity contribution >= 4 is 11.6 Å². The maximum Gasteiger partial charge on any atom is 0.134 e. The fourth-order valence-electron chi connectivity index (χ4n) is 3.37. The Kier molecular flexibility index (Phi) is 5.45. The van der Waals surface area contributed by atoms with E-state index in [-0.39, 0.29) is 6.61 Å². The highest BCUT2D eigenvalue weighted by atomic mass is 16.3. The van der Waals surface area contributed by atoms with Crippen molar-refractivity contribution in [2.75, 3.05) is 62.2 Å². The Bertz CT molecular complexity index is 464. The highest BCUT2D eigenvalue weighted by molar-refractivity contribution is 5.50. The zero-order valence-electron chi connectivity index (χ0n) is 13.3. The van der Waals surface area contributed by atoms with Crippen LogP contribution in [0.1, 0.15) is 25.7 Å². The Morgan fingerprint density at radius 3 is 2.23 bits per heavy atom. The Morgan fingerprint density at radius 2 is 1.50 bits per heavy atom. The number of hydrogen-bond acceptors (Lipinski definition) is 6. The number of piperidine rings is 1. The van der Waals surface area contributed by atoms with Crippen LogP contribution in [0.5, 0.6) is 0 Å². The molecule has 22 heavy (non-hydrogen) atoms. The quantitative estimate of drug-likeness (QED) is 0.895. The molecule has 0 aliphatic carbocycles. The van der Waals surface area contributed by atoms with Crippen molar-refractivity contribution in [1.82, 2.24) is 14.9 Å². The van der Waals surface area contributed by atoms with Gasteiger partial charge < -0.3 is 14.9 Å². The summed E-state index contributed by atoms with van der Waals surface area (Å²) < 4.78 is 0. The van der Waals surface area contributed by atoms with Gasteiger partial charge in [0.05, 0.1) is 6.61 Å². The Balaban J connectivity index is 1.66. The van der Waals surface area contributed by atoms with Crippen LogP contribution >= 0.6 is 0 Å². The highest BCUT2D eigenvalue weighted by Gasteiger charge is 2.18. The molecule has 2 aliphatic rings. The fraction of sp³-hybridized carbons (Fsp3) is 0.750. The number of β-amino-alcohol motifs (C(OH)–C–C–N with tert-alkyl or cyclic N) is 1. The third kappa shape index (κ3) is 3.87. The second-order valence-corrected chi connectivity index (χ2v) is 6.19. The lowest BCUT2D eigenvalue weighted by Crippen LogP contribution is -2.33. The first-order chi connectivity index (χ1) is 10.9.